The largest absolute Gasteiger partial charge is 1.00 e. The number of rotatable bonds is 3. The molecule has 3 rings (SSSR count). The minimum absolute atomic E-state index is 0. The second-order valence-electron chi connectivity index (χ2n) is 6.31. The molecule has 1 fully saturated rings. The molecule has 0 bridgehead atoms. The molecule has 1 aliphatic carbocycles. The summed E-state index contributed by atoms with van der Waals surface area (Å²) in [5.74, 6) is 7.62. The molecule has 1 heterocycles. The Bertz CT molecular complexity index is 538. The normalized spacial score (nSPS) is 16.3. The van der Waals surface area contributed by atoms with E-state index in [1.165, 1.54) is 36.5 Å². The SMILES string of the molecule is CCC[C]1[C](C)[C](C)[C](C)[C]1C.[Cl-].[Ir].c1ccc(-c2ccccn2)cc1. The summed E-state index contributed by atoms with van der Waals surface area (Å²) < 4.78 is 0. The van der Waals surface area contributed by atoms with Gasteiger partial charge in [-0.05, 0) is 48.1 Å². The van der Waals surface area contributed by atoms with Gasteiger partial charge in [0.05, 0.1) is 5.69 Å². The number of pyridine rings is 1. The fourth-order valence-corrected chi connectivity index (χ4v) is 3.06. The van der Waals surface area contributed by atoms with E-state index in [0.29, 0.717) is 0 Å². The van der Waals surface area contributed by atoms with Gasteiger partial charge in [-0.15, -0.1) is 0 Å². The second-order valence-corrected chi connectivity index (χ2v) is 6.31. The number of benzene rings is 1. The van der Waals surface area contributed by atoms with Crippen LogP contribution in [0.25, 0.3) is 11.3 Å². The summed E-state index contributed by atoms with van der Waals surface area (Å²) in [4.78, 5) is 4.25. The molecule has 0 amide bonds. The Morgan fingerprint density at radius 2 is 1.27 bits per heavy atom. The molecule has 6 radical (unpaired) electrons. The van der Waals surface area contributed by atoms with E-state index < -0.39 is 0 Å². The first-order valence-corrected chi connectivity index (χ1v) is 8.74. The van der Waals surface area contributed by atoms with E-state index >= 15 is 0 Å². The number of halogens is 1. The average Bonchev–Trinajstić information content (AvgIpc) is 2.82. The van der Waals surface area contributed by atoms with Gasteiger partial charge in [-0.1, -0.05) is 77.4 Å². The molecule has 3 heteroatoms. The molecule has 142 valence electrons. The number of hydrogen-bond acceptors (Lipinski definition) is 1. The van der Waals surface area contributed by atoms with Crippen molar-refractivity contribution in [1.29, 1.82) is 0 Å². The zero-order valence-corrected chi connectivity index (χ0v) is 19.4. The van der Waals surface area contributed by atoms with Crippen molar-refractivity contribution in [3.8, 4) is 11.3 Å². The molecule has 1 nitrogen and oxygen atoms in total. The monoisotopic (exact) mass is 546 g/mol. The van der Waals surface area contributed by atoms with Crippen LogP contribution in [-0.4, -0.2) is 4.98 Å². The maximum atomic E-state index is 4.25. The van der Waals surface area contributed by atoms with Crippen LogP contribution in [0.4, 0.5) is 0 Å². The van der Waals surface area contributed by atoms with E-state index in [9.17, 15) is 0 Å². The van der Waals surface area contributed by atoms with Gasteiger partial charge in [-0.3, -0.25) is 4.98 Å². The molecule has 1 aromatic carbocycles. The van der Waals surface area contributed by atoms with Gasteiger partial charge < -0.3 is 12.4 Å². The van der Waals surface area contributed by atoms with E-state index in [1.54, 1.807) is 5.92 Å². The summed E-state index contributed by atoms with van der Waals surface area (Å²) in [6, 6.07) is 16.1. The first-order valence-electron chi connectivity index (χ1n) is 8.74. The quantitative estimate of drug-likeness (QED) is 0.575. The zero-order chi connectivity index (χ0) is 17.5. The molecule has 0 N–H and O–H groups in total. The van der Waals surface area contributed by atoms with Crippen molar-refractivity contribution in [1.82, 2.24) is 4.98 Å². The van der Waals surface area contributed by atoms with Crippen LogP contribution in [0.1, 0.15) is 47.5 Å². The molecular formula is C23H28ClIrN-. The Kier molecular flexibility index (Phi) is 12.3. The van der Waals surface area contributed by atoms with Gasteiger partial charge in [-0.2, -0.15) is 0 Å². The van der Waals surface area contributed by atoms with Gasteiger partial charge in [-0.25, -0.2) is 0 Å². The average molecular weight is 546 g/mol. The molecule has 0 unspecified atom stereocenters. The fourth-order valence-electron chi connectivity index (χ4n) is 3.06. The molecule has 0 spiro atoms. The maximum absolute atomic E-state index is 4.25. The first-order chi connectivity index (χ1) is 11.6. The van der Waals surface area contributed by atoms with Crippen molar-refractivity contribution in [2.75, 3.05) is 0 Å². The van der Waals surface area contributed by atoms with Crippen molar-refractivity contribution in [3.63, 3.8) is 0 Å². The van der Waals surface area contributed by atoms with Gasteiger partial charge in [0.25, 0.3) is 0 Å². The summed E-state index contributed by atoms with van der Waals surface area (Å²) in [6.07, 6.45) is 4.30. The van der Waals surface area contributed by atoms with Gasteiger partial charge in [0, 0.05) is 31.9 Å². The molecule has 0 atom stereocenters. The summed E-state index contributed by atoms with van der Waals surface area (Å²) in [7, 11) is 0. The van der Waals surface area contributed by atoms with Gasteiger partial charge >= 0.3 is 0 Å². The van der Waals surface area contributed by atoms with E-state index in [2.05, 4.69) is 51.7 Å². The van der Waals surface area contributed by atoms with Crippen LogP contribution in [0.2, 0.25) is 0 Å². The first kappa shape index (κ1) is 25.3. The minimum atomic E-state index is 0. The Labute approximate surface area is 180 Å². The van der Waals surface area contributed by atoms with E-state index in [1.807, 2.05) is 42.6 Å². The molecule has 1 saturated carbocycles. The maximum Gasteiger partial charge on any atom is 0.0701 e. The molecule has 1 aliphatic rings. The molecule has 0 aliphatic heterocycles. The predicted octanol–water partition coefficient (Wildman–Crippen LogP) is 3.50. The number of nitrogens with zero attached hydrogens (tertiary/aromatic N) is 1. The Morgan fingerprint density at radius 1 is 0.731 bits per heavy atom. The zero-order valence-electron chi connectivity index (χ0n) is 16.3. The van der Waals surface area contributed by atoms with Crippen LogP contribution in [0.5, 0.6) is 0 Å². The summed E-state index contributed by atoms with van der Waals surface area (Å²) in [5.41, 5.74) is 2.19. The van der Waals surface area contributed by atoms with Crippen molar-refractivity contribution in [2.45, 2.75) is 47.5 Å². The van der Waals surface area contributed by atoms with Crippen molar-refractivity contribution >= 4 is 0 Å². The third-order valence-electron chi connectivity index (χ3n) is 4.83. The van der Waals surface area contributed by atoms with Crippen LogP contribution in [0, 0.1) is 29.6 Å². The van der Waals surface area contributed by atoms with Gasteiger partial charge in [0.15, 0.2) is 0 Å². The molecule has 0 saturated heterocycles. The van der Waals surface area contributed by atoms with Gasteiger partial charge in [0.1, 0.15) is 0 Å². The molecule has 2 aromatic rings. The van der Waals surface area contributed by atoms with E-state index in [4.69, 9.17) is 0 Å². The number of hydrogen-bond donors (Lipinski definition) is 0. The summed E-state index contributed by atoms with van der Waals surface area (Å²) in [5, 5.41) is 0. The third kappa shape index (κ3) is 6.48. The van der Waals surface area contributed by atoms with Crippen LogP contribution in [-0.2, 0) is 20.1 Å². The van der Waals surface area contributed by atoms with Crippen molar-refractivity contribution < 1.29 is 32.5 Å². The molecular weight excluding hydrogens is 518 g/mol. The summed E-state index contributed by atoms with van der Waals surface area (Å²) in [6.45, 7) is 11.2. The fraction of sp³-hybridized carbons (Fsp3) is 0.304. The van der Waals surface area contributed by atoms with Gasteiger partial charge in [0.2, 0.25) is 0 Å². The third-order valence-corrected chi connectivity index (χ3v) is 4.83. The van der Waals surface area contributed by atoms with Crippen LogP contribution < -0.4 is 12.4 Å². The number of aromatic nitrogens is 1. The Balaban J connectivity index is 0.000000446. The van der Waals surface area contributed by atoms with Crippen LogP contribution in [0.15, 0.2) is 54.7 Å². The summed E-state index contributed by atoms with van der Waals surface area (Å²) >= 11 is 0. The second kappa shape index (κ2) is 12.7. The Morgan fingerprint density at radius 3 is 1.73 bits per heavy atom. The molecule has 26 heavy (non-hydrogen) atoms. The van der Waals surface area contributed by atoms with E-state index in [-0.39, 0.29) is 32.5 Å². The van der Waals surface area contributed by atoms with Crippen LogP contribution in [0.3, 0.4) is 0 Å². The van der Waals surface area contributed by atoms with Crippen LogP contribution >= 0.6 is 0 Å². The minimum Gasteiger partial charge on any atom is -1.00 e. The molecule has 1 aromatic heterocycles. The van der Waals surface area contributed by atoms with E-state index in [0.717, 1.165) is 11.3 Å². The topological polar surface area (TPSA) is 12.9 Å². The smallest absolute Gasteiger partial charge is 0.0701 e. The predicted molar refractivity (Wildman–Crippen MR) is 103 cm³/mol. The Hall–Kier alpha value is -0.691. The standard InChI is InChI=1S/C12H19.C11H9N.ClH.Ir/c1-6-7-12-10(4)8(2)9(3)11(12)5;1-2-6-10(7-3-1)11-8-4-5-9-12-11;;/h6-7H2,1-5H3;1-9H;1H;/p-1. The van der Waals surface area contributed by atoms with Crippen molar-refractivity contribution in [2.24, 2.45) is 0 Å². The van der Waals surface area contributed by atoms with Crippen molar-refractivity contribution in [3.05, 3.63) is 84.3 Å².